The maximum absolute atomic E-state index is 11.5. The van der Waals surface area contributed by atoms with Crippen LogP contribution in [0, 0.1) is 13.8 Å². The number of carboxylic acids is 2. The maximum atomic E-state index is 11.5. The Labute approximate surface area is 313 Å². The average Bonchev–Trinajstić information content (AvgIpc) is 3.09. The van der Waals surface area contributed by atoms with E-state index in [0.717, 1.165) is 33.4 Å². The molecule has 0 spiro atoms. The standard InChI is InChI=1S/C38H44Cl2N4O8/c1-21-23(19-51-37-29(39)15-27(35(41-37)49-7)31(43(3)4)17-33(45)46)11-9-13-25(21)26-14-10-12-24(22(26)2)20-52-38-30(40)16-28(36(42-38)50-8)32(44(5)6)18-34(47)48/h9-16,31-32H,17-20H2,1-8H3,(H,45,46)(H,47,48). The van der Waals surface area contributed by atoms with E-state index >= 15 is 0 Å². The molecule has 0 saturated heterocycles. The van der Waals surface area contributed by atoms with Gasteiger partial charge in [-0.3, -0.25) is 9.59 Å². The van der Waals surface area contributed by atoms with Crippen LogP contribution in [0.4, 0.5) is 0 Å². The summed E-state index contributed by atoms with van der Waals surface area (Å²) < 4.78 is 23.2. The van der Waals surface area contributed by atoms with Crippen LogP contribution < -0.4 is 18.9 Å². The van der Waals surface area contributed by atoms with Gasteiger partial charge in [-0.25, -0.2) is 0 Å². The minimum Gasteiger partial charge on any atom is -0.481 e. The Hall–Kier alpha value is -4.62. The molecule has 52 heavy (non-hydrogen) atoms. The van der Waals surface area contributed by atoms with Gasteiger partial charge in [0.1, 0.15) is 23.3 Å². The molecule has 14 heteroatoms. The van der Waals surface area contributed by atoms with Crippen LogP contribution in [0.2, 0.25) is 10.0 Å². The highest BCUT2D eigenvalue weighted by Gasteiger charge is 2.26. The van der Waals surface area contributed by atoms with E-state index in [-0.39, 0.29) is 59.6 Å². The predicted octanol–water partition coefficient (Wildman–Crippen LogP) is 7.40. The molecule has 4 aromatic rings. The van der Waals surface area contributed by atoms with Gasteiger partial charge in [-0.2, -0.15) is 9.97 Å². The first kappa shape index (κ1) is 40.2. The fourth-order valence-electron chi connectivity index (χ4n) is 5.97. The summed E-state index contributed by atoms with van der Waals surface area (Å²) in [5, 5.41) is 19.4. The van der Waals surface area contributed by atoms with Crippen molar-refractivity contribution in [2.24, 2.45) is 0 Å². The van der Waals surface area contributed by atoms with Crippen molar-refractivity contribution in [3.63, 3.8) is 0 Å². The van der Waals surface area contributed by atoms with Gasteiger partial charge in [0.2, 0.25) is 23.5 Å². The fraction of sp³-hybridized carbons (Fsp3) is 0.368. The SMILES string of the molecule is COc1nc(OCc2cccc(-c3cccc(COc4nc(OC)c(C(CC(=O)O)N(C)C)cc4Cl)c3C)c2C)c(Cl)cc1C(CC(=O)O)N(C)C. The minimum absolute atomic E-state index is 0.152. The van der Waals surface area contributed by atoms with Gasteiger partial charge in [-0.15, -0.1) is 0 Å². The number of halogens is 2. The lowest BCUT2D eigenvalue weighted by Crippen LogP contribution is -2.23. The molecule has 0 amide bonds. The molecule has 2 aromatic heterocycles. The quantitative estimate of drug-likeness (QED) is 0.111. The van der Waals surface area contributed by atoms with Crippen LogP contribution in [0.5, 0.6) is 23.5 Å². The first-order valence-electron chi connectivity index (χ1n) is 16.3. The second-order valence-corrected chi connectivity index (χ2v) is 13.5. The third kappa shape index (κ3) is 9.43. The van der Waals surface area contributed by atoms with Crippen LogP contribution in [-0.2, 0) is 22.8 Å². The number of rotatable bonds is 17. The Bertz CT molecular complexity index is 1780. The lowest BCUT2D eigenvalue weighted by Gasteiger charge is -2.25. The van der Waals surface area contributed by atoms with Crippen LogP contribution in [0.15, 0.2) is 48.5 Å². The number of ether oxygens (including phenoxy) is 4. The minimum atomic E-state index is -0.956. The summed E-state index contributed by atoms with van der Waals surface area (Å²) in [6.07, 6.45) is -0.305. The van der Waals surface area contributed by atoms with Crippen molar-refractivity contribution in [2.75, 3.05) is 42.4 Å². The maximum Gasteiger partial charge on any atom is 0.305 e. The second kappa shape index (κ2) is 17.7. The van der Waals surface area contributed by atoms with E-state index in [0.29, 0.717) is 11.1 Å². The molecule has 0 aliphatic heterocycles. The molecule has 0 radical (unpaired) electrons. The number of methoxy groups -OCH3 is 2. The molecule has 2 atom stereocenters. The highest BCUT2D eigenvalue weighted by Crippen LogP contribution is 2.38. The van der Waals surface area contributed by atoms with Crippen molar-refractivity contribution in [1.82, 2.24) is 19.8 Å². The van der Waals surface area contributed by atoms with E-state index in [4.69, 9.17) is 42.1 Å². The van der Waals surface area contributed by atoms with Gasteiger partial charge < -0.3 is 39.0 Å². The second-order valence-electron chi connectivity index (χ2n) is 12.7. The van der Waals surface area contributed by atoms with E-state index in [1.807, 2.05) is 50.2 Å². The monoisotopic (exact) mass is 754 g/mol. The van der Waals surface area contributed by atoms with Crippen molar-refractivity contribution in [3.05, 3.63) is 92.0 Å². The third-order valence-corrected chi connectivity index (χ3v) is 9.41. The number of carbonyl (C=O) groups is 2. The summed E-state index contributed by atoms with van der Waals surface area (Å²) in [6.45, 7) is 4.38. The zero-order chi connectivity index (χ0) is 38.3. The van der Waals surface area contributed by atoms with Gasteiger partial charge in [0, 0.05) is 11.1 Å². The molecule has 2 N–H and O–H groups in total. The van der Waals surface area contributed by atoms with Crippen molar-refractivity contribution in [2.45, 2.75) is 52.0 Å². The molecule has 2 unspecified atom stereocenters. The molecular weight excluding hydrogens is 711 g/mol. The van der Waals surface area contributed by atoms with Crippen LogP contribution in [0.3, 0.4) is 0 Å². The Morgan fingerprint density at radius 3 is 1.35 bits per heavy atom. The van der Waals surface area contributed by atoms with Crippen molar-refractivity contribution < 1.29 is 38.7 Å². The summed E-state index contributed by atoms with van der Waals surface area (Å²) in [5.41, 5.74) is 6.94. The normalized spacial score (nSPS) is 12.5. The number of nitrogens with zero attached hydrogens (tertiary/aromatic N) is 4. The highest BCUT2D eigenvalue weighted by molar-refractivity contribution is 6.32. The highest BCUT2D eigenvalue weighted by atomic mass is 35.5. The van der Waals surface area contributed by atoms with Crippen LogP contribution >= 0.6 is 23.2 Å². The number of aliphatic carboxylic acids is 2. The molecule has 4 rings (SSSR count). The molecule has 0 fully saturated rings. The van der Waals surface area contributed by atoms with Crippen molar-refractivity contribution >= 4 is 35.1 Å². The van der Waals surface area contributed by atoms with Crippen LogP contribution in [-0.4, -0.2) is 84.3 Å². The summed E-state index contributed by atoms with van der Waals surface area (Å²) in [6, 6.07) is 14.2. The summed E-state index contributed by atoms with van der Waals surface area (Å²) >= 11 is 13.2. The van der Waals surface area contributed by atoms with Crippen molar-refractivity contribution in [3.8, 4) is 34.6 Å². The fourth-order valence-corrected chi connectivity index (χ4v) is 6.40. The molecule has 0 aliphatic rings. The summed E-state index contributed by atoms with van der Waals surface area (Å²) in [5.74, 6) is -1.09. The van der Waals surface area contributed by atoms with E-state index in [2.05, 4.69) is 9.97 Å². The van der Waals surface area contributed by atoms with E-state index < -0.39 is 24.0 Å². The Morgan fingerprint density at radius 2 is 1.04 bits per heavy atom. The van der Waals surface area contributed by atoms with Gasteiger partial charge >= 0.3 is 11.9 Å². The summed E-state index contributed by atoms with van der Waals surface area (Å²) in [7, 11) is 10.1. The van der Waals surface area contributed by atoms with Gasteiger partial charge in [0.15, 0.2) is 0 Å². The Kier molecular flexibility index (Phi) is 13.7. The zero-order valence-electron chi connectivity index (χ0n) is 30.5. The molecule has 0 aliphatic carbocycles. The molecule has 2 heterocycles. The first-order valence-corrected chi connectivity index (χ1v) is 17.1. The average molecular weight is 756 g/mol. The van der Waals surface area contributed by atoms with E-state index in [9.17, 15) is 19.8 Å². The topological polar surface area (TPSA) is 144 Å². The molecule has 12 nitrogen and oxygen atoms in total. The van der Waals surface area contributed by atoms with Gasteiger partial charge in [-0.05, 0) is 87.6 Å². The molecule has 2 aromatic carbocycles. The Balaban J connectivity index is 1.56. The zero-order valence-corrected chi connectivity index (χ0v) is 32.0. The van der Waals surface area contributed by atoms with Crippen molar-refractivity contribution in [1.29, 1.82) is 0 Å². The van der Waals surface area contributed by atoms with Gasteiger partial charge in [-0.1, -0.05) is 59.6 Å². The van der Waals surface area contributed by atoms with Gasteiger partial charge in [0.05, 0.1) is 39.1 Å². The van der Waals surface area contributed by atoms with Crippen LogP contribution in [0.1, 0.15) is 58.3 Å². The van der Waals surface area contributed by atoms with E-state index in [1.165, 1.54) is 14.2 Å². The number of pyridine rings is 2. The number of aromatic nitrogens is 2. The first-order chi connectivity index (χ1) is 24.7. The predicted molar refractivity (Wildman–Crippen MR) is 199 cm³/mol. The largest absolute Gasteiger partial charge is 0.481 e. The number of benzene rings is 2. The molecule has 278 valence electrons. The lowest BCUT2D eigenvalue weighted by atomic mass is 9.92. The number of hydrogen-bond acceptors (Lipinski definition) is 10. The molecule has 0 bridgehead atoms. The smallest absolute Gasteiger partial charge is 0.305 e. The number of hydrogen-bond donors (Lipinski definition) is 2. The molecule has 0 saturated carbocycles. The summed E-state index contributed by atoms with van der Waals surface area (Å²) in [4.78, 5) is 35.6. The van der Waals surface area contributed by atoms with E-state index in [1.54, 1.807) is 50.1 Å². The number of carboxylic acid groups (broad SMARTS) is 2. The lowest BCUT2D eigenvalue weighted by molar-refractivity contribution is -0.139. The third-order valence-electron chi connectivity index (χ3n) is 8.87. The molecular formula is C38H44Cl2N4O8. The van der Waals surface area contributed by atoms with Gasteiger partial charge in [0.25, 0.3) is 0 Å². The Morgan fingerprint density at radius 1 is 0.673 bits per heavy atom. The van der Waals surface area contributed by atoms with Crippen LogP contribution in [0.25, 0.3) is 11.1 Å².